The lowest BCUT2D eigenvalue weighted by Crippen LogP contribution is -2.35. The second-order valence-electron chi connectivity index (χ2n) is 7.63. The molecule has 0 fully saturated rings. The zero-order valence-electron chi connectivity index (χ0n) is 18.3. The maximum absolute atomic E-state index is 4.21. The van der Waals surface area contributed by atoms with Gasteiger partial charge in [-0.2, -0.15) is 5.11 Å². The summed E-state index contributed by atoms with van der Waals surface area (Å²) >= 11 is 0. The van der Waals surface area contributed by atoms with E-state index < -0.39 is 0 Å². The van der Waals surface area contributed by atoms with Gasteiger partial charge in [-0.15, -0.1) is 6.58 Å². The van der Waals surface area contributed by atoms with Crippen LogP contribution in [0.25, 0.3) is 0 Å². The van der Waals surface area contributed by atoms with Crippen LogP contribution in [0.2, 0.25) is 0 Å². The summed E-state index contributed by atoms with van der Waals surface area (Å²) < 4.78 is 0. The average Bonchev–Trinajstić information content (AvgIpc) is 2.62. The van der Waals surface area contributed by atoms with Gasteiger partial charge in [0.1, 0.15) is 0 Å². The molecule has 0 aromatic heterocycles. The van der Waals surface area contributed by atoms with Gasteiger partial charge in [0.05, 0.1) is 19.1 Å². The summed E-state index contributed by atoms with van der Waals surface area (Å²) in [4.78, 5) is 0. The van der Waals surface area contributed by atoms with Gasteiger partial charge in [-0.1, -0.05) is 37.0 Å². The molecule has 0 spiro atoms. The van der Waals surface area contributed by atoms with Crippen LogP contribution in [0.3, 0.4) is 0 Å². The third-order valence-electron chi connectivity index (χ3n) is 4.50. The first-order valence-corrected chi connectivity index (χ1v) is 9.96. The summed E-state index contributed by atoms with van der Waals surface area (Å²) in [6.07, 6.45) is 10.4. The molecule has 5 heteroatoms. The Morgan fingerprint density at radius 2 is 1.78 bits per heavy atom. The van der Waals surface area contributed by atoms with Gasteiger partial charge < -0.3 is 10.6 Å². The Morgan fingerprint density at radius 3 is 2.37 bits per heavy atom. The molecule has 154 valence electrons. The van der Waals surface area contributed by atoms with E-state index in [0.717, 1.165) is 63.0 Å². The maximum atomic E-state index is 4.21. The smallest absolute Gasteiger partial charge is 0.0585 e. The molecule has 0 aromatic carbocycles. The van der Waals surface area contributed by atoms with Crippen LogP contribution in [0.4, 0.5) is 0 Å². The first-order chi connectivity index (χ1) is 12.7. The van der Waals surface area contributed by atoms with Gasteiger partial charge in [0.25, 0.3) is 0 Å². The Balaban J connectivity index is 3.91. The van der Waals surface area contributed by atoms with E-state index in [1.165, 1.54) is 5.57 Å². The van der Waals surface area contributed by atoms with Gasteiger partial charge in [-0.05, 0) is 59.3 Å². The SMILES string of the molecule is C=C(C)CCC(=C)NCC(=C)NCCCCC=CN(N=NC)C(C)(C)CC. The lowest BCUT2D eigenvalue weighted by atomic mass is 10.0. The monoisotopic (exact) mass is 375 g/mol. The molecule has 0 atom stereocenters. The number of allylic oxidation sites excluding steroid dienone is 3. The molecule has 0 aliphatic carbocycles. The highest BCUT2D eigenvalue weighted by Crippen LogP contribution is 2.19. The minimum absolute atomic E-state index is 0.0172. The van der Waals surface area contributed by atoms with Crippen molar-refractivity contribution in [1.82, 2.24) is 15.6 Å². The van der Waals surface area contributed by atoms with Crippen LogP contribution in [-0.4, -0.2) is 30.7 Å². The Hall–Kier alpha value is -2.04. The molecule has 5 nitrogen and oxygen atoms in total. The van der Waals surface area contributed by atoms with Crippen molar-refractivity contribution in [2.45, 2.75) is 71.8 Å². The molecule has 2 N–H and O–H groups in total. The zero-order valence-corrected chi connectivity index (χ0v) is 18.3. The van der Waals surface area contributed by atoms with Crippen molar-refractivity contribution >= 4 is 0 Å². The molecule has 0 rings (SSSR count). The molecule has 0 aromatic rings. The van der Waals surface area contributed by atoms with E-state index in [4.69, 9.17) is 0 Å². The largest absolute Gasteiger partial charge is 0.387 e. The van der Waals surface area contributed by atoms with Gasteiger partial charge in [0.2, 0.25) is 0 Å². The summed E-state index contributed by atoms with van der Waals surface area (Å²) in [6, 6.07) is 0. The van der Waals surface area contributed by atoms with Gasteiger partial charge in [0.15, 0.2) is 0 Å². The predicted molar refractivity (Wildman–Crippen MR) is 118 cm³/mol. The molecule has 0 aliphatic heterocycles. The van der Waals surface area contributed by atoms with E-state index in [9.17, 15) is 0 Å². The highest BCUT2D eigenvalue weighted by atomic mass is 15.6. The maximum Gasteiger partial charge on any atom is 0.0585 e. The molecule has 0 aliphatic rings. The molecular formula is C22H41N5. The second kappa shape index (κ2) is 14.1. The van der Waals surface area contributed by atoms with Gasteiger partial charge >= 0.3 is 0 Å². The summed E-state index contributed by atoms with van der Waals surface area (Å²) in [7, 11) is 1.70. The Bertz CT molecular complexity index is 517. The third-order valence-corrected chi connectivity index (χ3v) is 4.50. The Kier molecular flexibility index (Phi) is 13.0. The van der Waals surface area contributed by atoms with Crippen LogP contribution in [0.5, 0.6) is 0 Å². The molecule has 0 saturated carbocycles. The molecule has 0 bridgehead atoms. The Morgan fingerprint density at radius 1 is 1.07 bits per heavy atom. The van der Waals surface area contributed by atoms with Crippen LogP contribution >= 0.6 is 0 Å². The van der Waals surface area contributed by atoms with Crippen LogP contribution in [0.15, 0.2) is 59.3 Å². The van der Waals surface area contributed by atoms with Crippen LogP contribution in [0.1, 0.15) is 66.2 Å². The van der Waals surface area contributed by atoms with E-state index >= 15 is 0 Å². The second-order valence-corrected chi connectivity index (χ2v) is 7.63. The molecule has 0 radical (unpaired) electrons. The summed E-state index contributed by atoms with van der Waals surface area (Å²) in [5.74, 6) is 0. The molecule has 27 heavy (non-hydrogen) atoms. The van der Waals surface area contributed by atoms with Gasteiger partial charge in [0, 0.05) is 24.1 Å². The highest BCUT2D eigenvalue weighted by Gasteiger charge is 2.21. The highest BCUT2D eigenvalue weighted by molar-refractivity contribution is 5.03. The van der Waals surface area contributed by atoms with Crippen molar-refractivity contribution in [3.8, 4) is 0 Å². The number of hydrogen-bond acceptors (Lipinski definition) is 4. The summed E-state index contributed by atoms with van der Waals surface area (Å²) in [5, 5.41) is 16.7. The number of nitrogens with zero attached hydrogens (tertiary/aromatic N) is 3. The van der Waals surface area contributed by atoms with Gasteiger partial charge in [-0.25, -0.2) is 5.01 Å². The Labute approximate surface area is 167 Å². The first-order valence-electron chi connectivity index (χ1n) is 9.96. The quantitative estimate of drug-likeness (QED) is 0.157. The van der Waals surface area contributed by atoms with Crippen molar-refractivity contribution < 1.29 is 0 Å². The first kappa shape index (κ1) is 25.0. The third kappa shape index (κ3) is 12.9. The molecule has 0 amide bonds. The normalized spacial score (nSPS) is 11.7. The minimum atomic E-state index is -0.0172. The molecule has 0 unspecified atom stereocenters. The molecule has 0 heterocycles. The van der Waals surface area contributed by atoms with Gasteiger partial charge in [-0.3, -0.25) is 0 Å². The van der Waals surface area contributed by atoms with Crippen LogP contribution in [0, 0.1) is 0 Å². The van der Waals surface area contributed by atoms with E-state index in [1.807, 2.05) is 18.1 Å². The van der Waals surface area contributed by atoms with Crippen molar-refractivity contribution in [1.29, 1.82) is 0 Å². The standard InChI is InChI=1S/C22H41N5/c1-9-22(6,7)27(26-23-8)17-13-11-10-12-16-24-21(5)18-25-20(4)15-14-19(2)3/h13,17,24-25H,2,4-5,9-12,14-16,18H2,1,3,6-8H3. The lowest BCUT2D eigenvalue weighted by Gasteiger charge is -2.31. The van der Waals surface area contributed by atoms with E-state index in [0.29, 0.717) is 0 Å². The predicted octanol–water partition coefficient (Wildman–Crippen LogP) is 5.72. The van der Waals surface area contributed by atoms with E-state index in [1.54, 1.807) is 7.05 Å². The minimum Gasteiger partial charge on any atom is -0.387 e. The number of rotatable bonds is 16. The number of unbranched alkanes of at least 4 members (excludes halogenated alkanes) is 2. The summed E-state index contributed by atoms with van der Waals surface area (Å²) in [5.41, 5.74) is 3.20. The summed E-state index contributed by atoms with van der Waals surface area (Å²) in [6.45, 7) is 22.2. The fraction of sp³-hybridized carbons (Fsp3) is 0.636. The zero-order chi connectivity index (χ0) is 20.7. The number of nitrogens with one attached hydrogen (secondary N) is 2. The van der Waals surface area contributed by atoms with Crippen LogP contribution < -0.4 is 10.6 Å². The molecular weight excluding hydrogens is 334 g/mol. The van der Waals surface area contributed by atoms with Crippen molar-refractivity contribution in [3.05, 3.63) is 49.0 Å². The average molecular weight is 376 g/mol. The van der Waals surface area contributed by atoms with Crippen LogP contribution in [-0.2, 0) is 0 Å². The topological polar surface area (TPSA) is 52.0 Å². The van der Waals surface area contributed by atoms with Crippen molar-refractivity contribution in [2.24, 2.45) is 10.3 Å². The van der Waals surface area contributed by atoms with E-state index in [2.05, 4.69) is 67.6 Å². The van der Waals surface area contributed by atoms with Crippen molar-refractivity contribution in [2.75, 3.05) is 20.1 Å². The fourth-order valence-electron chi connectivity index (χ4n) is 2.18. The van der Waals surface area contributed by atoms with Crippen molar-refractivity contribution in [3.63, 3.8) is 0 Å². The fourth-order valence-corrected chi connectivity index (χ4v) is 2.18. The number of hydrogen-bond donors (Lipinski definition) is 2. The molecule has 0 saturated heterocycles. The van der Waals surface area contributed by atoms with E-state index in [-0.39, 0.29) is 5.54 Å². The lowest BCUT2D eigenvalue weighted by molar-refractivity contribution is 0.172.